The first-order valence-corrected chi connectivity index (χ1v) is 10.2. The second kappa shape index (κ2) is 9.26. The molecule has 0 fully saturated rings. The van der Waals surface area contributed by atoms with Gasteiger partial charge in [-0.1, -0.05) is 54.6 Å². The molecule has 0 saturated carbocycles. The van der Waals surface area contributed by atoms with E-state index in [0.29, 0.717) is 22.2 Å². The number of hydrogen-bond donors (Lipinski definition) is 2. The quantitative estimate of drug-likeness (QED) is 0.493. The van der Waals surface area contributed by atoms with E-state index in [1.54, 1.807) is 48.5 Å². The lowest BCUT2D eigenvalue weighted by molar-refractivity contribution is -0.116. The average molecular weight is 426 g/mol. The molecule has 2 amide bonds. The third-order valence-electron chi connectivity index (χ3n) is 5.15. The summed E-state index contributed by atoms with van der Waals surface area (Å²) in [5.74, 6) is -0.646. The smallest absolute Gasteiger partial charge is 0.253 e. The van der Waals surface area contributed by atoms with E-state index in [1.165, 1.54) is 10.9 Å². The molecular formula is C25H22N4O3. The molecule has 3 aromatic carbocycles. The fourth-order valence-corrected chi connectivity index (χ4v) is 3.50. The Morgan fingerprint density at radius 1 is 0.938 bits per heavy atom. The van der Waals surface area contributed by atoms with Crippen LogP contribution in [0.25, 0.3) is 10.9 Å². The zero-order chi connectivity index (χ0) is 22.5. The monoisotopic (exact) mass is 426 g/mol. The summed E-state index contributed by atoms with van der Waals surface area (Å²) in [6.45, 7) is 1.80. The lowest BCUT2D eigenvalue weighted by Crippen LogP contribution is -2.28. The molecule has 1 unspecified atom stereocenters. The third-order valence-corrected chi connectivity index (χ3v) is 5.15. The number of nitrogens with zero attached hydrogens (tertiary/aromatic N) is 2. The first-order valence-electron chi connectivity index (χ1n) is 10.2. The van der Waals surface area contributed by atoms with Gasteiger partial charge in [0.2, 0.25) is 11.3 Å². The molecule has 32 heavy (non-hydrogen) atoms. The van der Waals surface area contributed by atoms with Crippen LogP contribution in [0.1, 0.15) is 28.9 Å². The Bertz CT molecular complexity index is 1330. The average Bonchev–Trinajstić information content (AvgIpc) is 2.82. The van der Waals surface area contributed by atoms with E-state index in [4.69, 9.17) is 0 Å². The number of benzene rings is 3. The molecule has 0 spiro atoms. The fraction of sp³-hybridized carbons (Fsp3) is 0.120. The normalized spacial score (nSPS) is 11.7. The van der Waals surface area contributed by atoms with Crippen molar-refractivity contribution in [2.75, 3.05) is 5.32 Å². The molecule has 1 atom stereocenters. The fourth-order valence-electron chi connectivity index (χ4n) is 3.50. The molecule has 7 nitrogen and oxygen atoms in total. The minimum atomic E-state index is -0.359. The summed E-state index contributed by atoms with van der Waals surface area (Å²) in [5, 5.41) is 10.3. The molecule has 0 saturated heterocycles. The van der Waals surface area contributed by atoms with Gasteiger partial charge in [-0.2, -0.15) is 5.10 Å². The lowest BCUT2D eigenvalue weighted by atomic mass is 10.1. The molecule has 1 heterocycles. The number of amides is 2. The van der Waals surface area contributed by atoms with Crippen molar-refractivity contribution in [1.29, 1.82) is 0 Å². The number of aromatic nitrogens is 2. The van der Waals surface area contributed by atoms with Gasteiger partial charge in [-0.3, -0.25) is 19.1 Å². The van der Waals surface area contributed by atoms with Crippen LogP contribution in [0.3, 0.4) is 0 Å². The highest BCUT2D eigenvalue weighted by Gasteiger charge is 2.16. The number of fused-ring (bicyclic) bond motifs is 1. The van der Waals surface area contributed by atoms with Crippen molar-refractivity contribution < 1.29 is 9.59 Å². The van der Waals surface area contributed by atoms with E-state index in [0.717, 1.165) is 5.56 Å². The van der Waals surface area contributed by atoms with Crippen LogP contribution in [0.4, 0.5) is 5.69 Å². The van der Waals surface area contributed by atoms with Crippen molar-refractivity contribution in [2.45, 2.75) is 19.5 Å². The van der Waals surface area contributed by atoms with Crippen LogP contribution >= 0.6 is 0 Å². The highest BCUT2D eigenvalue weighted by Crippen LogP contribution is 2.18. The van der Waals surface area contributed by atoms with Crippen molar-refractivity contribution in [3.05, 3.63) is 106 Å². The van der Waals surface area contributed by atoms with E-state index >= 15 is 0 Å². The standard InChI is InChI=1S/C25H22N4O3/c1-17(18-9-3-2-4-10-18)27-25(32)19-11-5-7-13-21(19)28-24(31)16-29-22-14-8-6-12-20(22)23(30)15-26-29/h2-15,17H,16H2,1H3,(H,27,32)(H,28,31). The summed E-state index contributed by atoms with van der Waals surface area (Å²) in [5.41, 5.74) is 2.12. The summed E-state index contributed by atoms with van der Waals surface area (Å²) in [6.07, 6.45) is 1.20. The molecule has 0 aliphatic heterocycles. The van der Waals surface area contributed by atoms with Gasteiger partial charge in [0.15, 0.2) is 0 Å². The Morgan fingerprint density at radius 2 is 1.62 bits per heavy atom. The molecule has 4 aromatic rings. The van der Waals surface area contributed by atoms with Crippen LogP contribution in [0.5, 0.6) is 0 Å². The number of nitrogens with one attached hydrogen (secondary N) is 2. The van der Waals surface area contributed by atoms with E-state index < -0.39 is 0 Å². The van der Waals surface area contributed by atoms with Gasteiger partial charge < -0.3 is 10.6 Å². The maximum atomic E-state index is 12.9. The summed E-state index contributed by atoms with van der Waals surface area (Å²) in [4.78, 5) is 37.6. The largest absolute Gasteiger partial charge is 0.345 e. The van der Waals surface area contributed by atoms with Crippen LogP contribution in [0.2, 0.25) is 0 Å². The SMILES string of the molecule is CC(NC(=O)c1ccccc1NC(=O)Cn1ncc(=O)c2ccccc21)c1ccccc1. The Labute approximate surface area is 184 Å². The van der Waals surface area contributed by atoms with Gasteiger partial charge >= 0.3 is 0 Å². The molecule has 2 N–H and O–H groups in total. The van der Waals surface area contributed by atoms with Gasteiger partial charge in [0.1, 0.15) is 6.54 Å². The van der Waals surface area contributed by atoms with E-state index in [1.807, 2.05) is 37.3 Å². The second-order valence-corrected chi connectivity index (χ2v) is 7.38. The van der Waals surface area contributed by atoms with Gasteiger partial charge in [0.05, 0.1) is 29.0 Å². The number of hydrogen-bond acceptors (Lipinski definition) is 4. The van der Waals surface area contributed by atoms with Crippen LogP contribution in [0.15, 0.2) is 89.9 Å². The first kappa shape index (κ1) is 21.0. The predicted octanol–water partition coefficient (Wildman–Crippen LogP) is 3.53. The van der Waals surface area contributed by atoms with Crippen molar-refractivity contribution in [1.82, 2.24) is 15.1 Å². The van der Waals surface area contributed by atoms with Gasteiger partial charge in [-0.25, -0.2) is 0 Å². The second-order valence-electron chi connectivity index (χ2n) is 7.38. The highest BCUT2D eigenvalue weighted by molar-refractivity contribution is 6.04. The third kappa shape index (κ3) is 4.57. The Morgan fingerprint density at radius 3 is 2.44 bits per heavy atom. The van der Waals surface area contributed by atoms with E-state index in [9.17, 15) is 14.4 Å². The van der Waals surface area contributed by atoms with Crippen LogP contribution in [0, 0.1) is 0 Å². The summed E-state index contributed by atoms with van der Waals surface area (Å²) < 4.78 is 1.46. The van der Waals surface area contributed by atoms with E-state index in [-0.39, 0.29) is 29.8 Å². The van der Waals surface area contributed by atoms with Crippen LogP contribution in [-0.4, -0.2) is 21.6 Å². The molecule has 0 radical (unpaired) electrons. The van der Waals surface area contributed by atoms with Crippen molar-refractivity contribution in [3.8, 4) is 0 Å². The first-order chi connectivity index (χ1) is 15.5. The van der Waals surface area contributed by atoms with Crippen molar-refractivity contribution >= 4 is 28.4 Å². The summed E-state index contributed by atoms with van der Waals surface area (Å²) >= 11 is 0. The van der Waals surface area contributed by atoms with Crippen molar-refractivity contribution in [3.63, 3.8) is 0 Å². The van der Waals surface area contributed by atoms with Gasteiger partial charge in [0, 0.05) is 5.39 Å². The Kier molecular flexibility index (Phi) is 6.07. The number of para-hydroxylation sites is 2. The molecule has 160 valence electrons. The molecule has 0 aliphatic rings. The molecular weight excluding hydrogens is 404 g/mol. The topological polar surface area (TPSA) is 93.1 Å². The molecule has 7 heteroatoms. The van der Waals surface area contributed by atoms with Crippen LogP contribution in [-0.2, 0) is 11.3 Å². The minimum Gasteiger partial charge on any atom is -0.345 e. The number of rotatable bonds is 6. The molecule has 0 aliphatic carbocycles. The lowest BCUT2D eigenvalue weighted by Gasteiger charge is -2.16. The Hall–Kier alpha value is -4.26. The van der Waals surface area contributed by atoms with Gasteiger partial charge in [-0.05, 0) is 36.8 Å². The number of anilines is 1. The number of carbonyl (C=O) groups is 2. The van der Waals surface area contributed by atoms with Crippen LogP contribution < -0.4 is 16.1 Å². The molecule has 1 aromatic heterocycles. The van der Waals surface area contributed by atoms with Gasteiger partial charge in [-0.15, -0.1) is 0 Å². The highest BCUT2D eigenvalue weighted by atomic mass is 16.2. The zero-order valence-electron chi connectivity index (χ0n) is 17.5. The van der Waals surface area contributed by atoms with E-state index in [2.05, 4.69) is 15.7 Å². The maximum absolute atomic E-state index is 12.9. The van der Waals surface area contributed by atoms with Gasteiger partial charge in [0.25, 0.3) is 5.91 Å². The summed E-state index contributed by atoms with van der Waals surface area (Å²) in [7, 11) is 0. The molecule has 4 rings (SSSR count). The maximum Gasteiger partial charge on any atom is 0.253 e. The Balaban J connectivity index is 1.51. The number of carbonyl (C=O) groups excluding carboxylic acids is 2. The molecule has 0 bridgehead atoms. The zero-order valence-corrected chi connectivity index (χ0v) is 17.5. The minimum absolute atomic E-state index is 0.100. The summed E-state index contributed by atoms with van der Waals surface area (Å²) in [6, 6.07) is 23.3. The predicted molar refractivity (Wildman–Crippen MR) is 123 cm³/mol. The van der Waals surface area contributed by atoms with Crippen molar-refractivity contribution in [2.24, 2.45) is 0 Å².